The Morgan fingerprint density at radius 2 is 2.06 bits per heavy atom. The topological polar surface area (TPSA) is 32.3 Å². The number of nitrogens with zero attached hydrogens (tertiary/aromatic N) is 1. The number of carbonyl (C=O) groups is 1. The van der Waals surface area contributed by atoms with Crippen molar-refractivity contribution in [3.63, 3.8) is 0 Å². The van der Waals surface area contributed by atoms with Crippen LogP contribution in [0.1, 0.15) is 18.4 Å². The lowest BCUT2D eigenvalue weighted by Crippen LogP contribution is -2.36. The number of likely N-dealkylation sites (tertiary alicyclic amines) is 1. The number of rotatable bonds is 2. The van der Waals surface area contributed by atoms with Gasteiger partial charge in [-0.25, -0.2) is 0 Å². The minimum atomic E-state index is 0.119. The summed E-state index contributed by atoms with van der Waals surface area (Å²) in [6.07, 6.45) is 1.86. The first kappa shape index (κ1) is 13.4. The normalized spacial score (nSPS) is 17.7. The predicted molar refractivity (Wildman–Crippen MR) is 75.0 cm³/mol. The first-order valence-corrected chi connectivity index (χ1v) is 6.69. The summed E-state index contributed by atoms with van der Waals surface area (Å²) in [6.45, 7) is 3.96. The Balaban J connectivity index is 2.00. The van der Waals surface area contributed by atoms with Crippen molar-refractivity contribution >= 4 is 23.2 Å². The fourth-order valence-corrected chi connectivity index (χ4v) is 2.41. The standard InChI is InChI=1S/C14H19ClN2O/c1-10-3-4-12(15)9-13(10)16-14(18)11-5-7-17(2)8-6-11/h3-4,9,11H,5-8H2,1-2H3,(H,16,18). The van der Waals surface area contributed by atoms with Gasteiger partial charge in [0.2, 0.25) is 5.91 Å². The minimum absolute atomic E-state index is 0.119. The second-order valence-electron chi connectivity index (χ2n) is 5.03. The third kappa shape index (κ3) is 3.24. The van der Waals surface area contributed by atoms with Gasteiger partial charge in [0, 0.05) is 16.6 Å². The molecule has 1 aromatic rings. The second kappa shape index (κ2) is 5.72. The molecule has 1 saturated heterocycles. The van der Waals surface area contributed by atoms with Crippen LogP contribution in [0.25, 0.3) is 0 Å². The van der Waals surface area contributed by atoms with Crippen molar-refractivity contribution in [3.05, 3.63) is 28.8 Å². The Morgan fingerprint density at radius 3 is 2.72 bits per heavy atom. The first-order chi connectivity index (χ1) is 8.56. The van der Waals surface area contributed by atoms with Gasteiger partial charge in [-0.05, 0) is 57.6 Å². The van der Waals surface area contributed by atoms with Crippen LogP contribution in [-0.4, -0.2) is 30.9 Å². The minimum Gasteiger partial charge on any atom is -0.326 e. The van der Waals surface area contributed by atoms with Crippen LogP contribution in [0.3, 0.4) is 0 Å². The van der Waals surface area contributed by atoms with Crippen molar-refractivity contribution < 1.29 is 4.79 Å². The largest absolute Gasteiger partial charge is 0.326 e. The quantitative estimate of drug-likeness (QED) is 0.893. The average Bonchev–Trinajstić information content (AvgIpc) is 2.34. The zero-order chi connectivity index (χ0) is 13.1. The maximum absolute atomic E-state index is 12.2. The number of hydrogen-bond donors (Lipinski definition) is 1. The van der Waals surface area contributed by atoms with Crippen LogP contribution in [0.2, 0.25) is 5.02 Å². The van der Waals surface area contributed by atoms with E-state index < -0.39 is 0 Å². The SMILES string of the molecule is Cc1ccc(Cl)cc1NC(=O)C1CCN(C)CC1. The molecule has 0 radical (unpaired) electrons. The van der Waals surface area contributed by atoms with Crippen molar-refractivity contribution in [2.45, 2.75) is 19.8 Å². The molecule has 2 rings (SSSR count). The third-order valence-corrected chi connectivity index (χ3v) is 3.78. The lowest BCUT2D eigenvalue weighted by Gasteiger charge is -2.28. The van der Waals surface area contributed by atoms with Crippen LogP contribution in [0.15, 0.2) is 18.2 Å². The molecule has 0 atom stereocenters. The molecule has 1 N–H and O–H groups in total. The Morgan fingerprint density at radius 1 is 1.39 bits per heavy atom. The summed E-state index contributed by atoms with van der Waals surface area (Å²) in [5.74, 6) is 0.244. The molecule has 1 heterocycles. The highest BCUT2D eigenvalue weighted by molar-refractivity contribution is 6.31. The molecular weight excluding hydrogens is 248 g/mol. The Labute approximate surface area is 113 Å². The van der Waals surface area contributed by atoms with E-state index in [4.69, 9.17) is 11.6 Å². The summed E-state index contributed by atoms with van der Waals surface area (Å²) < 4.78 is 0. The predicted octanol–water partition coefficient (Wildman–Crippen LogP) is 2.93. The third-order valence-electron chi connectivity index (χ3n) is 3.55. The summed E-state index contributed by atoms with van der Waals surface area (Å²) in [7, 11) is 2.09. The molecule has 18 heavy (non-hydrogen) atoms. The fourth-order valence-electron chi connectivity index (χ4n) is 2.23. The smallest absolute Gasteiger partial charge is 0.227 e. The van der Waals surface area contributed by atoms with Crippen LogP contribution >= 0.6 is 11.6 Å². The number of halogens is 1. The number of benzene rings is 1. The molecule has 0 aliphatic carbocycles. The summed E-state index contributed by atoms with van der Waals surface area (Å²) in [5.41, 5.74) is 1.87. The number of carbonyl (C=O) groups excluding carboxylic acids is 1. The molecule has 0 spiro atoms. The Bertz CT molecular complexity index is 439. The summed E-state index contributed by atoms with van der Waals surface area (Å²) in [5, 5.41) is 3.65. The van der Waals surface area contributed by atoms with Gasteiger partial charge in [-0.15, -0.1) is 0 Å². The Kier molecular flexibility index (Phi) is 4.25. The highest BCUT2D eigenvalue weighted by Crippen LogP contribution is 2.23. The molecule has 1 aliphatic heterocycles. The highest BCUT2D eigenvalue weighted by Gasteiger charge is 2.23. The average molecular weight is 267 g/mol. The Hall–Kier alpha value is -1.06. The maximum Gasteiger partial charge on any atom is 0.227 e. The highest BCUT2D eigenvalue weighted by atomic mass is 35.5. The number of piperidine rings is 1. The van der Waals surface area contributed by atoms with E-state index in [9.17, 15) is 4.79 Å². The molecule has 1 fully saturated rings. The van der Waals surface area contributed by atoms with E-state index in [1.54, 1.807) is 0 Å². The monoisotopic (exact) mass is 266 g/mol. The molecule has 0 unspecified atom stereocenters. The van der Waals surface area contributed by atoms with E-state index in [0.29, 0.717) is 5.02 Å². The van der Waals surface area contributed by atoms with E-state index in [2.05, 4.69) is 17.3 Å². The lowest BCUT2D eigenvalue weighted by atomic mass is 9.96. The molecule has 98 valence electrons. The van der Waals surface area contributed by atoms with Gasteiger partial charge in [-0.1, -0.05) is 17.7 Å². The van der Waals surface area contributed by atoms with E-state index in [-0.39, 0.29) is 11.8 Å². The van der Waals surface area contributed by atoms with Gasteiger partial charge in [-0.2, -0.15) is 0 Å². The van der Waals surface area contributed by atoms with E-state index in [1.807, 2.05) is 25.1 Å². The molecule has 0 aromatic heterocycles. The molecule has 4 heteroatoms. The van der Waals surface area contributed by atoms with Crippen LogP contribution in [0, 0.1) is 12.8 Å². The van der Waals surface area contributed by atoms with Gasteiger partial charge >= 0.3 is 0 Å². The van der Waals surface area contributed by atoms with Crippen LogP contribution < -0.4 is 5.32 Å². The number of nitrogens with one attached hydrogen (secondary N) is 1. The van der Waals surface area contributed by atoms with Gasteiger partial charge in [0.05, 0.1) is 0 Å². The first-order valence-electron chi connectivity index (χ1n) is 6.32. The zero-order valence-corrected chi connectivity index (χ0v) is 11.6. The fraction of sp³-hybridized carbons (Fsp3) is 0.500. The zero-order valence-electron chi connectivity index (χ0n) is 10.9. The molecule has 3 nitrogen and oxygen atoms in total. The maximum atomic E-state index is 12.2. The van der Waals surface area contributed by atoms with Gasteiger partial charge in [0.15, 0.2) is 0 Å². The van der Waals surface area contributed by atoms with Gasteiger partial charge in [-0.3, -0.25) is 4.79 Å². The summed E-state index contributed by atoms with van der Waals surface area (Å²) in [4.78, 5) is 14.4. The van der Waals surface area contributed by atoms with Crippen molar-refractivity contribution in [2.24, 2.45) is 5.92 Å². The molecule has 1 aliphatic rings. The second-order valence-corrected chi connectivity index (χ2v) is 5.46. The van der Waals surface area contributed by atoms with Crippen LogP contribution in [0.4, 0.5) is 5.69 Å². The molecule has 0 saturated carbocycles. The molecular formula is C14H19ClN2O. The van der Waals surface area contributed by atoms with Gasteiger partial charge in [0.1, 0.15) is 0 Å². The van der Waals surface area contributed by atoms with Crippen LogP contribution in [-0.2, 0) is 4.79 Å². The van der Waals surface area contributed by atoms with Crippen molar-refractivity contribution in [1.29, 1.82) is 0 Å². The number of amides is 1. The van der Waals surface area contributed by atoms with E-state index in [0.717, 1.165) is 37.2 Å². The number of hydrogen-bond acceptors (Lipinski definition) is 2. The van der Waals surface area contributed by atoms with E-state index in [1.165, 1.54) is 0 Å². The molecule has 0 bridgehead atoms. The van der Waals surface area contributed by atoms with Crippen molar-refractivity contribution in [2.75, 3.05) is 25.5 Å². The van der Waals surface area contributed by atoms with Gasteiger partial charge < -0.3 is 10.2 Å². The molecule has 1 aromatic carbocycles. The van der Waals surface area contributed by atoms with Crippen LogP contribution in [0.5, 0.6) is 0 Å². The van der Waals surface area contributed by atoms with Crippen molar-refractivity contribution in [1.82, 2.24) is 4.90 Å². The number of aryl methyl sites for hydroxylation is 1. The lowest BCUT2D eigenvalue weighted by molar-refractivity contribution is -0.121. The summed E-state index contributed by atoms with van der Waals surface area (Å²) >= 11 is 5.95. The number of anilines is 1. The molecule has 1 amide bonds. The van der Waals surface area contributed by atoms with Crippen molar-refractivity contribution in [3.8, 4) is 0 Å². The summed E-state index contributed by atoms with van der Waals surface area (Å²) in [6, 6.07) is 5.57. The van der Waals surface area contributed by atoms with Gasteiger partial charge in [0.25, 0.3) is 0 Å². The van der Waals surface area contributed by atoms with E-state index >= 15 is 0 Å².